The summed E-state index contributed by atoms with van der Waals surface area (Å²) >= 11 is 0. The molecule has 0 atom stereocenters. The van der Waals surface area contributed by atoms with Gasteiger partial charge in [-0.1, -0.05) is 6.58 Å². The van der Waals surface area contributed by atoms with Crippen LogP contribution in [0, 0.1) is 0 Å². The molecule has 64 valence electrons. The molecule has 0 rings (SSSR count). The van der Waals surface area contributed by atoms with Crippen molar-refractivity contribution in [2.24, 2.45) is 5.73 Å². The summed E-state index contributed by atoms with van der Waals surface area (Å²) in [4.78, 5) is 19.3. The molecule has 0 aliphatic carbocycles. The molecular formula is C6H12N2O3. The molecule has 0 aliphatic heterocycles. The van der Waals surface area contributed by atoms with E-state index in [-0.39, 0.29) is 0 Å². The molecule has 0 saturated carbocycles. The van der Waals surface area contributed by atoms with E-state index in [0.717, 1.165) is 6.08 Å². The summed E-state index contributed by atoms with van der Waals surface area (Å²) in [6.07, 6.45) is 1.11. The Balaban J connectivity index is 0. The van der Waals surface area contributed by atoms with E-state index in [1.54, 1.807) is 0 Å². The smallest absolute Gasteiger partial charge is 0.329 e. The van der Waals surface area contributed by atoms with Crippen LogP contribution in [0.3, 0.4) is 0 Å². The minimum Gasteiger partial charge on any atom is -0.466 e. The quantitative estimate of drug-likeness (QED) is 0.405. The van der Waals surface area contributed by atoms with Crippen molar-refractivity contribution in [2.45, 2.75) is 0 Å². The summed E-state index contributed by atoms with van der Waals surface area (Å²) < 4.78 is 4.14. The highest BCUT2D eigenvalue weighted by Crippen LogP contribution is 1.67. The number of carbonyl (C=O) groups excluding carboxylic acids is 2. The van der Waals surface area contributed by atoms with Crippen LogP contribution in [-0.4, -0.2) is 26.2 Å². The lowest BCUT2D eigenvalue weighted by Gasteiger charge is -1.83. The number of hydrogen-bond acceptors (Lipinski definition) is 3. The third-order valence-corrected chi connectivity index (χ3v) is 0.614. The average Bonchev–Trinajstić information content (AvgIpc) is 2.04. The molecular weight excluding hydrogens is 148 g/mol. The number of amides is 2. The summed E-state index contributed by atoms with van der Waals surface area (Å²) in [7, 11) is 2.78. The Labute approximate surface area is 65.2 Å². The van der Waals surface area contributed by atoms with Gasteiger partial charge < -0.3 is 15.8 Å². The number of esters is 1. The van der Waals surface area contributed by atoms with Gasteiger partial charge in [0.15, 0.2) is 0 Å². The van der Waals surface area contributed by atoms with E-state index < -0.39 is 12.0 Å². The molecule has 0 spiro atoms. The third-order valence-electron chi connectivity index (χ3n) is 0.614. The number of methoxy groups -OCH3 is 1. The lowest BCUT2D eigenvalue weighted by atomic mass is 10.7. The Morgan fingerprint density at radius 2 is 2.00 bits per heavy atom. The first-order valence-corrected chi connectivity index (χ1v) is 2.76. The van der Waals surface area contributed by atoms with Crippen LogP contribution in [0.1, 0.15) is 0 Å². The maximum absolute atomic E-state index is 9.84. The zero-order chi connectivity index (χ0) is 9.28. The van der Waals surface area contributed by atoms with Gasteiger partial charge in [0.25, 0.3) is 0 Å². The Kier molecular flexibility index (Phi) is 9.39. The molecule has 2 amide bonds. The predicted molar refractivity (Wildman–Crippen MR) is 40.9 cm³/mol. The molecule has 0 aromatic rings. The molecule has 0 fully saturated rings. The molecule has 0 aromatic heterocycles. The number of rotatable bonds is 1. The lowest BCUT2D eigenvalue weighted by Crippen LogP contribution is -2.24. The van der Waals surface area contributed by atoms with E-state index in [4.69, 9.17) is 0 Å². The number of nitrogens with one attached hydrogen (secondary N) is 1. The van der Waals surface area contributed by atoms with E-state index in [2.05, 4.69) is 22.4 Å². The Morgan fingerprint density at radius 3 is 2.00 bits per heavy atom. The topological polar surface area (TPSA) is 81.4 Å². The summed E-state index contributed by atoms with van der Waals surface area (Å²) in [5, 5.41) is 2.17. The van der Waals surface area contributed by atoms with Gasteiger partial charge in [-0.3, -0.25) is 0 Å². The standard InChI is InChI=1S/C4H6O2.C2H6N2O/c1-3-4(5)6-2;1-4-2(3)5/h3H,1H2,2H3;1H3,(H3,3,4,5). The number of nitrogens with two attached hydrogens (primary N) is 1. The van der Waals surface area contributed by atoms with Crippen LogP contribution in [0.2, 0.25) is 0 Å². The fraction of sp³-hybridized carbons (Fsp3) is 0.333. The normalized spacial score (nSPS) is 6.73. The van der Waals surface area contributed by atoms with Gasteiger partial charge in [-0.25, -0.2) is 9.59 Å². The van der Waals surface area contributed by atoms with Crippen LogP contribution < -0.4 is 11.1 Å². The molecule has 0 bridgehead atoms. The van der Waals surface area contributed by atoms with E-state index >= 15 is 0 Å². The van der Waals surface area contributed by atoms with Crippen molar-refractivity contribution < 1.29 is 14.3 Å². The molecule has 0 unspecified atom stereocenters. The van der Waals surface area contributed by atoms with Crippen molar-refractivity contribution in [1.29, 1.82) is 0 Å². The first kappa shape index (κ1) is 12.2. The summed E-state index contributed by atoms with van der Waals surface area (Å²) in [6.45, 7) is 3.16. The van der Waals surface area contributed by atoms with Crippen LogP contribution in [-0.2, 0) is 9.53 Å². The molecule has 0 heterocycles. The first-order chi connectivity index (χ1) is 5.08. The Morgan fingerprint density at radius 1 is 1.64 bits per heavy atom. The van der Waals surface area contributed by atoms with Crippen LogP contribution in [0.4, 0.5) is 4.79 Å². The van der Waals surface area contributed by atoms with Gasteiger partial charge in [-0.05, 0) is 0 Å². The predicted octanol–water partition coefficient (Wildman–Crippen LogP) is -0.370. The van der Waals surface area contributed by atoms with Crippen LogP contribution in [0.5, 0.6) is 0 Å². The van der Waals surface area contributed by atoms with E-state index in [1.165, 1.54) is 14.2 Å². The second kappa shape index (κ2) is 8.48. The fourth-order valence-electron chi connectivity index (χ4n) is 0.0833. The lowest BCUT2D eigenvalue weighted by molar-refractivity contribution is -0.134. The molecule has 0 aliphatic rings. The van der Waals surface area contributed by atoms with Crippen LogP contribution in [0.25, 0.3) is 0 Å². The highest BCUT2D eigenvalue weighted by atomic mass is 16.5. The maximum Gasteiger partial charge on any atom is 0.329 e. The number of urea groups is 1. The zero-order valence-corrected chi connectivity index (χ0v) is 6.59. The number of primary amides is 1. The molecule has 11 heavy (non-hydrogen) atoms. The second-order valence-electron chi connectivity index (χ2n) is 1.34. The molecule has 0 aromatic carbocycles. The fourth-order valence-corrected chi connectivity index (χ4v) is 0.0833. The summed E-state index contributed by atoms with van der Waals surface area (Å²) in [5.41, 5.74) is 4.54. The Hall–Kier alpha value is -1.52. The van der Waals surface area contributed by atoms with Crippen molar-refractivity contribution in [3.05, 3.63) is 12.7 Å². The van der Waals surface area contributed by atoms with Gasteiger partial charge in [-0.15, -0.1) is 0 Å². The average molecular weight is 160 g/mol. The maximum atomic E-state index is 9.84. The zero-order valence-electron chi connectivity index (χ0n) is 6.59. The highest BCUT2D eigenvalue weighted by molar-refractivity contribution is 5.80. The number of hydrogen-bond donors (Lipinski definition) is 2. The minimum absolute atomic E-state index is 0.394. The van der Waals surface area contributed by atoms with Gasteiger partial charge in [0.05, 0.1) is 7.11 Å². The van der Waals surface area contributed by atoms with Gasteiger partial charge in [0.2, 0.25) is 0 Å². The van der Waals surface area contributed by atoms with Gasteiger partial charge in [0.1, 0.15) is 0 Å². The minimum atomic E-state index is -0.495. The summed E-state index contributed by atoms with van der Waals surface area (Å²) in [6, 6.07) is -0.495. The SMILES string of the molecule is C=CC(=O)OC.CNC(N)=O. The number of carbonyl (C=O) groups is 2. The third kappa shape index (κ3) is 17.7. The van der Waals surface area contributed by atoms with Crippen molar-refractivity contribution in [3.63, 3.8) is 0 Å². The molecule has 0 radical (unpaired) electrons. The van der Waals surface area contributed by atoms with E-state index in [9.17, 15) is 9.59 Å². The summed E-state index contributed by atoms with van der Waals surface area (Å²) in [5.74, 6) is -0.394. The van der Waals surface area contributed by atoms with Gasteiger partial charge in [0, 0.05) is 13.1 Å². The molecule has 5 nitrogen and oxygen atoms in total. The van der Waals surface area contributed by atoms with Crippen molar-refractivity contribution in [2.75, 3.05) is 14.2 Å². The van der Waals surface area contributed by atoms with E-state index in [1.807, 2.05) is 0 Å². The van der Waals surface area contributed by atoms with Crippen LogP contribution in [0.15, 0.2) is 12.7 Å². The largest absolute Gasteiger partial charge is 0.466 e. The first-order valence-electron chi connectivity index (χ1n) is 2.76. The van der Waals surface area contributed by atoms with Crippen molar-refractivity contribution >= 4 is 12.0 Å². The monoisotopic (exact) mass is 160 g/mol. The Bertz CT molecular complexity index is 145. The van der Waals surface area contributed by atoms with Crippen molar-refractivity contribution in [3.8, 4) is 0 Å². The molecule has 3 N–H and O–H groups in total. The second-order valence-corrected chi connectivity index (χ2v) is 1.34. The van der Waals surface area contributed by atoms with Crippen LogP contribution >= 0.6 is 0 Å². The van der Waals surface area contributed by atoms with E-state index in [0.29, 0.717) is 0 Å². The highest BCUT2D eigenvalue weighted by Gasteiger charge is 1.81. The molecule has 5 heteroatoms. The van der Waals surface area contributed by atoms with Gasteiger partial charge in [-0.2, -0.15) is 0 Å². The molecule has 0 saturated heterocycles. The van der Waals surface area contributed by atoms with Crippen molar-refractivity contribution in [1.82, 2.24) is 5.32 Å². The van der Waals surface area contributed by atoms with Gasteiger partial charge >= 0.3 is 12.0 Å². The number of ether oxygens (including phenoxy) is 1.